The first-order chi connectivity index (χ1) is 6.42. The molecule has 0 fully saturated rings. The van der Waals surface area contributed by atoms with Crippen LogP contribution in [0.15, 0.2) is 0 Å². The molecule has 3 N–H and O–H groups in total. The Morgan fingerprint density at radius 1 is 1.57 bits per heavy atom. The number of nitrogens with one attached hydrogen (secondary N) is 1. The smallest absolute Gasteiger partial charge is 0.239 e. The molecule has 0 aliphatic carbocycles. The van der Waals surface area contributed by atoms with Crippen molar-refractivity contribution in [1.29, 1.82) is 0 Å². The number of primary amides is 1. The lowest BCUT2D eigenvalue weighted by molar-refractivity contribution is -0.125. The van der Waals surface area contributed by atoms with Crippen LogP contribution in [0, 0.1) is 0 Å². The summed E-state index contributed by atoms with van der Waals surface area (Å²) in [6.45, 7) is 3.59. The van der Waals surface area contributed by atoms with Gasteiger partial charge in [0.1, 0.15) is 5.54 Å². The molecule has 0 aliphatic rings. The second kappa shape index (κ2) is 5.95. The average molecular weight is 203 g/mol. The van der Waals surface area contributed by atoms with Crippen LogP contribution in [-0.2, 0) is 9.53 Å². The van der Waals surface area contributed by atoms with Crippen LogP contribution in [0.2, 0.25) is 0 Å². The molecule has 0 aliphatic heterocycles. The zero-order chi connectivity index (χ0) is 11.2. The Morgan fingerprint density at radius 3 is 2.50 bits per heavy atom. The number of hydrogen-bond donors (Lipinski definition) is 2. The van der Waals surface area contributed by atoms with Crippen molar-refractivity contribution >= 4 is 5.91 Å². The molecule has 14 heavy (non-hydrogen) atoms. The van der Waals surface area contributed by atoms with Gasteiger partial charge in [0.25, 0.3) is 0 Å². The van der Waals surface area contributed by atoms with E-state index in [0.717, 1.165) is 6.54 Å². The number of amides is 1. The molecular weight excluding hydrogens is 182 g/mol. The molecule has 0 spiro atoms. The quantitative estimate of drug-likeness (QED) is 0.558. The van der Waals surface area contributed by atoms with E-state index in [4.69, 9.17) is 10.5 Å². The lowest BCUT2D eigenvalue weighted by Crippen LogP contribution is -2.57. The maximum Gasteiger partial charge on any atom is 0.239 e. The van der Waals surface area contributed by atoms with Gasteiger partial charge in [-0.15, -0.1) is 0 Å². The predicted octanol–water partition coefficient (Wildman–Crippen LogP) is -0.972. The molecule has 0 saturated heterocycles. The summed E-state index contributed by atoms with van der Waals surface area (Å²) in [4.78, 5) is 13.2. The molecule has 5 heteroatoms. The normalized spacial score (nSPS) is 15.5. The van der Waals surface area contributed by atoms with Crippen LogP contribution in [-0.4, -0.2) is 57.2 Å². The molecule has 84 valence electrons. The number of carbonyl (C=O) groups is 1. The van der Waals surface area contributed by atoms with E-state index in [1.54, 1.807) is 14.0 Å². The fraction of sp³-hybridized carbons (Fsp3) is 0.889. The summed E-state index contributed by atoms with van der Waals surface area (Å²) >= 11 is 0. The van der Waals surface area contributed by atoms with Crippen molar-refractivity contribution in [3.05, 3.63) is 0 Å². The number of ether oxygens (including phenoxy) is 1. The van der Waals surface area contributed by atoms with Crippen LogP contribution >= 0.6 is 0 Å². The highest BCUT2D eigenvalue weighted by molar-refractivity contribution is 5.84. The molecule has 5 nitrogen and oxygen atoms in total. The van der Waals surface area contributed by atoms with Gasteiger partial charge in [0, 0.05) is 20.2 Å². The summed E-state index contributed by atoms with van der Waals surface area (Å²) in [6.07, 6.45) is 0. The first-order valence-corrected chi connectivity index (χ1v) is 4.61. The summed E-state index contributed by atoms with van der Waals surface area (Å²) in [5.74, 6) is -0.391. The Kier molecular flexibility index (Phi) is 5.68. The molecule has 1 atom stereocenters. The molecule has 0 aromatic rings. The van der Waals surface area contributed by atoms with Crippen molar-refractivity contribution in [1.82, 2.24) is 10.2 Å². The van der Waals surface area contributed by atoms with E-state index in [0.29, 0.717) is 6.54 Å². The molecule has 0 aromatic carbocycles. The number of carbonyl (C=O) groups excluding carboxylic acids is 1. The molecule has 0 aromatic heterocycles. The molecule has 0 heterocycles. The number of rotatable bonds is 7. The Hall–Kier alpha value is -0.650. The standard InChI is InChI=1S/C9H21N3O2/c1-9(7-14-4,8(10)13)11-5-6-12(2)3/h11H,5-7H2,1-4H3,(H2,10,13). The summed E-state index contributed by atoms with van der Waals surface area (Å²) in [7, 11) is 5.49. The van der Waals surface area contributed by atoms with Crippen molar-refractivity contribution in [2.24, 2.45) is 5.73 Å². The summed E-state index contributed by atoms with van der Waals surface area (Å²) in [6, 6.07) is 0. The van der Waals surface area contributed by atoms with Gasteiger partial charge in [-0.05, 0) is 21.0 Å². The molecule has 0 saturated carbocycles. The van der Waals surface area contributed by atoms with Crippen molar-refractivity contribution in [3.63, 3.8) is 0 Å². The van der Waals surface area contributed by atoms with Crippen molar-refractivity contribution in [3.8, 4) is 0 Å². The lowest BCUT2D eigenvalue weighted by Gasteiger charge is -2.27. The van der Waals surface area contributed by atoms with Gasteiger partial charge < -0.3 is 20.7 Å². The largest absolute Gasteiger partial charge is 0.382 e. The maximum absolute atomic E-state index is 11.2. The number of methoxy groups -OCH3 is 1. The van der Waals surface area contributed by atoms with Gasteiger partial charge in [-0.1, -0.05) is 0 Å². The van der Waals surface area contributed by atoms with Gasteiger partial charge in [-0.3, -0.25) is 4.79 Å². The van der Waals surface area contributed by atoms with Gasteiger partial charge >= 0.3 is 0 Å². The molecule has 1 amide bonds. The Labute approximate surface area is 85.6 Å². The lowest BCUT2D eigenvalue weighted by atomic mass is 10.0. The van der Waals surface area contributed by atoms with Gasteiger partial charge in [0.15, 0.2) is 0 Å². The minimum absolute atomic E-state index is 0.287. The van der Waals surface area contributed by atoms with Gasteiger partial charge in [0.05, 0.1) is 6.61 Å². The third kappa shape index (κ3) is 4.55. The van der Waals surface area contributed by atoms with E-state index in [9.17, 15) is 4.79 Å². The van der Waals surface area contributed by atoms with E-state index in [1.807, 2.05) is 19.0 Å². The average Bonchev–Trinajstić information content (AvgIpc) is 2.03. The predicted molar refractivity (Wildman–Crippen MR) is 56.0 cm³/mol. The van der Waals surface area contributed by atoms with Gasteiger partial charge in [0.2, 0.25) is 5.91 Å². The molecule has 0 bridgehead atoms. The Balaban J connectivity index is 4.03. The fourth-order valence-electron chi connectivity index (χ4n) is 1.05. The Morgan fingerprint density at radius 2 is 2.14 bits per heavy atom. The number of nitrogens with two attached hydrogens (primary N) is 1. The fourth-order valence-corrected chi connectivity index (χ4v) is 1.05. The first-order valence-electron chi connectivity index (χ1n) is 4.61. The van der Waals surface area contributed by atoms with Crippen molar-refractivity contribution in [2.45, 2.75) is 12.5 Å². The van der Waals surface area contributed by atoms with E-state index in [-0.39, 0.29) is 6.61 Å². The molecule has 0 radical (unpaired) electrons. The van der Waals surface area contributed by atoms with Crippen LogP contribution in [0.4, 0.5) is 0 Å². The second-order valence-corrected chi connectivity index (χ2v) is 3.86. The van der Waals surface area contributed by atoms with Crippen LogP contribution in [0.5, 0.6) is 0 Å². The van der Waals surface area contributed by atoms with E-state index >= 15 is 0 Å². The minimum Gasteiger partial charge on any atom is -0.382 e. The van der Waals surface area contributed by atoms with Gasteiger partial charge in [-0.2, -0.15) is 0 Å². The maximum atomic E-state index is 11.2. The van der Waals surface area contributed by atoms with Gasteiger partial charge in [-0.25, -0.2) is 0 Å². The van der Waals surface area contributed by atoms with E-state index < -0.39 is 11.4 Å². The topological polar surface area (TPSA) is 67.6 Å². The van der Waals surface area contributed by atoms with Crippen molar-refractivity contribution < 1.29 is 9.53 Å². The Bertz CT molecular complexity index is 185. The highest BCUT2D eigenvalue weighted by atomic mass is 16.5. The SMILES string of the molecule is COCC(C)(NCCN(C)C)C(N)=O. The highest BCUT2D eigenvalue weighted by Gasteiger charge is 2.30. The zero-order valence-corrected chi connectivity index (χ0v) is 9.46. The van der Waals surface area contributed by atoms with E-state index in [1.165, 1.54) is 0 Å². The summed E-state index contributed by atoms with van der Waals surface area (Å²) in [5.41, 5.74) is 4.51. The van der Waals surface area contributed by atoms with Crippen molar-refractivity contribution in [2.75, 3.05) is 40.9 Å². The minimum atomic E-state index is -0.773. The molecule has 1 unspecified atom stereocenters. The number of likely N-dealkylation sites (N-methyl/N-ethyl adjacent to an activating group) is 1. The van der Waals surface area contributed by atoms with Crippen LogP contribution in [0.3, 0.4) is 0 Å². The summed E-state index contributed by atoms with van der Waals surface area (Å²) < 4.78 is 4.95. The van der Waals surface area contributed by atoms with Crippen LogP contribution in [0.1, 0.15) is 6.92 Å². The second-order valence-electron chi connectivity index (χ2n) is 3.86. The first kappa shape index (κ1) is 13.4. The number of nitrogens with zero attached hydrogens (tertiary/aromatic N) is 1. The number of hydrogen-bond acceptors (Lipinski definition) is 4. The third-order valence-corrected chi connectivity index (χ3v) is 2.05. The molecule has 0 rings (SSSR count). The highest BCUT2D eigenvalue weighted by Crippen LogP contribution is 2.02. The van der Waals surface area contributed by atoms with E-state index in [2.05, 4.69) is 5.32 Å². The van der Waals surface area contributed by atoms with Crippen LogP contribution < -0.4 is 11.1 Å². The third-order valence-electron chi connectivity index (χ3n) is 2.05. The molecular formula is C9H21N3O2. The monoisotopic (exact) mass is 203 g/mol. The summed E-state index contributed by atoms with van der Waals surface area (Å²) in [5, 5.41) is 3.09. The zero-order valence-electron chi connectivity index (χ0n) is 9.46. The van der Waals surface area contributed by atoms with Crippen LogP contribution in [0.25, 0.3) is 0 Å².